The van der Waals surface area contributed by atoms with Gasteiger partial charge in [0, 0.05) is 6.20 Å². The number of nitrogens with zero attached hydrogens (tertiary/aromatic N) is 1. The highest BCUT2D eigenvalue weighted by molar-refractivity contribution is 7.11. The third-order valence-electron chi connectivity index (χ3n) is 1.89. The van der Waals surface area contributed by atoms with Crippen LogP contribution in [0, 0.1) is 5.92 Å². The fraction of sp³-hybridized carbons (Fsp3) is 0.444. The Hall–Kier alpha value is -1.23. The first kappa shape index (κ1) is 10.8. The average molecular weight is 213 g/mol. The maximum Gasteiger partial charge on any atom is 0.316 e. The predicted octanol–water partition coefficient (Wildman–Crippen LogP) is 1.53. The number of aromatic nitrogens is 1. The van der Waals surface area contributed by atoms with Crippen molar-refractivity contribution in [2.24, 2.45) is 5.92 Å². The monoisotopic (exact) mass is 213 g/mol. The summed E-state index contributed by atoms with van der Waals surface area (Å²) >= 11 is 1.23. The van der Waals surface area contributed by atoms with Crippen molar-refractivity contribution >= 4 is 23.1 Å². The molecule has 1 aromatic heterocycles. The molecule has 5 heteroatoms. The number of ketones is 1. The number of carbonyl (C=O) groups is 2. The topological polar surface area (TPSA) is 56.3 Å². The normalized spacial score (nSPS) is 12.1. The zero-order valence-corrected chi connectivity index (χ0v) is 8.84. The molecule has 76 valence electrons. The lowest BCUT2D eigenvalue weighted by Crippen LogP contribution is -2.24. The number of rotatable bonds is 4. The molecule has 0 bridgehead atoms. The Bertz CT molecular complexity index is 321. The molecule has 0 N–H and O–H groups in total. The van der Waals surface area contributed by atoms with E-state index in [-0.39, 0.29) is 5.78 Å². The van der Waals surface area contributed by atoms with Crippen molar-refractivity contribution in [1.29, 1.82) is 0 Å². The van der Waals surface area contributed by atoms with Gasteiger partial charge in [0.05, 0.1) is 17.5 Å². The quantitative estimate of drug-likeness (QED) is 0.432. The highest BCUT2D eigenvalue weighted by Gasteiger charge is 2.27. The number of Topliss-reactive ketones (excluding diaryl/α,β-unsaturated/α-hetero) is 1. The number of carbonyl (C=O) groups excluding carboxylic acids is 2. The number of hydrogen-bond donors (Lipinski definition) is 0. The lowest BCUT2D eigenvalue weighted by Gasteiger charge is -2.08. The minimum absolute atomic E-state index is 0.207. The number of ether oxygens (including phenoxy) is 1. The Morgan fingerprint density at radius 2 is 2.36 bits per heavy atom. The predicted molar refractivity (Wildman–Crippen MR) is 52.2 cm³/mol. The van der Waals surface area contributed by atoms with Crippen molar-refractivity contribution in [1.82, 2.24) is 4.98 Å². The van der Waals surface area contributed by atoms with Crippen molar-refractivity contribution in [2.45, 2.75) is 13.3 Å². The summed E-state index contributed by atoms with van der Waals surface area (Å²) in [5.74, 6) is -1.38. The Morgan fingerprint density at radius 3 is 2.79 bits per heavy atom. The Balaban J connectivity index is 2.81. The summed E-state index contributed by atoms with van der Waals surface area (Å²) in [6, 6.07) is 0. The van der Waals surface area contributed by atoms with Crippen LogP contribution in [0.15, 0.2) is 11.7 Å². The molecule has 0 amide bonds. The van der Waals surface area contributed by atoms with E-state index >= 15 is 0 Å². The highest BCUT2D eigenvalue weighted by Crippen LogP contribution is 2.16. The van der Waals surface area contributed by atoms with Gasteiger partial charge in [0.1, 0.15) is 5.92 Å². The molecular weight excluding hydrogens is 202 g/mol. The second kappa shape index (κ2) is 4.85. The average Bonchev–Trinajstić information content (AvgIpc) is 2.71. The van der Waals surface area contributed by atoms with Gasteiger partial charge < -0.3 is 4.74 Å². The van der Waals surface area contributed by atoms with Crippen LogP contribution in [0.25, 0.3) is 0 Å². The van der Waals surface area contributed by atoms with E-state index in [1.165, 1.54) is 24.6 Å². The number of methoxy groups -OCH3 is 1. The molecule has 0 radical (unpaired) electrons. The number of esters is 1. The molecule has 1 unspecified atom stereocenters. The number of hydrogen-bond acceptors (Lipinski definition) is 5. The maximum absolute atomic E-state index is 11.7. The van der Waals surface area contributed by atoms with Crippen LogP contribution >= 0.6 is 11.3 Å². The van der Waals surface area contributed by atoms with Crippen molar-refractivity contribution < 1.29 is 14.3 Å². The largest absolute Gasteiger partial charge is 0.468 e. The third kappa shape index (κ3) is 2.17. The van der Waals surface area contributed by atoms with E-state index in [2.05, 4.69) is 9.72 Å². The van der Waals surface area contributed by atoms with Gasteiger partial charge in [0.25, 0.3) is 0 Å². The van der Waals surface area contributed by atoms with Gasteiger partial charge >= 0.3 is 5.97 Å². The van der Waals surface area contributed by atoms with E-state index in [0.717, 1.165) is 0 Å². The van der Waals surface area contributed by atoms with Crippen LogP contribution in [0.1, 0.15) is 23.0 Å². The first-order valence-electron chi connectivity index (χ1n) is 4.21. The molecule has 0 saturated heterocycles. The van der Waals surface area contributed by atoms with Crippen molar-refractivity contribution in [2.75, 3.05) is 7.11 Å². The summed E-state index contributed by atoms with van der Waals surface area (Å²) in [6.07, 6.45) is 1.92. The first-order chi connectivity index (χ1) is 6.70. The van der Waals surface area contributed by atoms with Crippen molar-refractivity contribution in [3.63, 3.8) is 0 Å². The van der Waals surface area contributed by atoms with E-state index in [1.54, 1.807) is 12.4 Å². The minimum atomic E-state index is -0.694. The zero-order valence-electron chi connectivity index (χ0n) is 8.02. The molecule has 1 heterocycles. The minimum Gasteiger partial charge on any atom is -0.468 e. The number of thiazole rings is 1. The molecule has 1 rings (SSSR count). The lowest BCUT2D eigenvalue weighted by atomic mass is 10.0. The Morgan fingerprint density at radius 1 is 1.64 bits per heavy atom. The van der Waals surface area contributed by atoms with Crippen LogP contribution in [0.5, 0.6) is 0 Å². The van der Waals surface area contributed by atoms with Gasteiger partial charge in [0.2, 0.25) is 0 Å². The van der Waals surface area contributed by atoms with E-state index < -0.39 is 11.9 Å². The van der Waals surface area contributed by atoms with Crippen LogP contribution < -0.4 is 0 Å². The summed E-state index contributed by atoms with van der Waals surface area (Å²) < 4.78 is 4.55. The fourth-order valence-corrected chi connectivity index (χ4v) is 1.73. The second-order valence-corrected chi connectivity index (χ2v) is 3.60. The molecule has 0 fully saturated rings. The summed E-state index contributed by atoms with van der Waals surface area (Å²) in [4.78, 5) is 27.2. The van der Waals surface area contributed by atoms with E-state index in [0.29, 0.717) is 11.3 Å². The van der Waals surface area contributed by atoms with Gasteiger partial charge in [-0.1, -0.05) is 6.92 Å². The van der Waals surface area contributed by atoms with Gasteiger partial charge in [-0.3, -0.25) is 14.6 Å². The highest BCUT2D eigenvalue weighted by atomic mass is 32.1. The lowest BCUT2D eigenvalue weighted by molar-refractivity contribution is -0.143. The van der Waals surface area contributed by atoms with Gasteiger partial charge in [-0.25, -0.2) is 0 Å². The van der Waals surface area contributed by atoms with Gasteiger partial charge in [-0.2, -0.15) is 0 Å². The standard InChI is InChI=1S/C9H11NO3S/c1-3-6(9(12)13-2)8(11)7-4-10-5-14-7/h4-6H,3H2,1-2H3. The zero-order chi connectivity index (χ0) is 10.6. The SMILES string of the molecule is CCC(C(=O)OC)C(=O)c1cncs1. The summed E-state index contributed by atoms with van der Waals surface area (Å²) in [5, 5.41) is 0. The van der Waals surface area contributed by atoms with Crippen molar-refractivity contribution in [3.8, 4) is 0 Å². The van der Waals surface area contributed by atoms with Crippen LogP contribution in [-0.2, 0) is 9.53 Å². The molecule has 0 saturated carbocycles. The maximum atomic E-state index is 11.7. The van der Waals surface area contributed by atoms with E-state index in [9.17, 15) is 9.59 Å². The molecule has 0 aliphatic carbocycles. The van der Waals surface area contributed by atoms with E-state index in [4.69, 9.17) is 0 Å². The molecule has 0 aliphatic rings. The van der Waals surface area contributed by atoms with Crippen LogP contribution in [0.3, 0.4) is 0 Å². The summed E-state index contributed by atoms with van der Waals surface area (Å²) in [6.45, 7) is 1.78. The smallest absolute Gasteiger partial charge is 0.316 e. The van der Waals surface area contributed by atoms with Gasteiger partial charge in [-0.15, -0.1) is 11.3 Å². The molecule has 1 atom stereocenters. The summed E-state index contributed by atoms with van der Waals surface area (Å²) in [7, 11) is 1.28. The van der Waals surface area contributed by atoms with Crippen LogP contribution in [0.2, 0.25) is 0 Å². The molecule has 0 aliphatic heterocycles. The van der Waals surface area contributed by atoms with Crippen molar-refractivity contribution in [3.05, 3.63) is 16.6 Å². The molecule has 14 heavy (non-hydrogen) atoms. The fourth-order valence-electron chi connectivity index (χ4n) is 1.11. The molecule has 0 spiro atoms. The third-order valence-corrected chi connectivity index (χ3v) is 2.67. The summed E-state index contributed by atoms with van der Waals surface area (Å²) in [5.41, 5.74) is 1.57. The second-order valence-electron chi connectivity index (χ2n) is 2.71. The van der Waals surface area contributed by atoms with Gasteiger partial charge in [0.15, 0.2) is 5.78 Å². The molecule has 1 aromatic rings. The van der Waals surface area contributed by atoms with E-state index in [1.807, 2.05) is 0 Å². The van der Waals surface area contributed by atoms with Crippen LogP contribution in [-0.4, -0.2) is 23.8 Å². The van der Waals surface area contributed by atoms with Crippen LogP contribution in [0.4, 0.5) is 0 Å². The first-order valence-corrected chi connectivity index (χ1v) is 5.09. The molecular formula is C9H11NO3S. The molecule has 4 nitrogen and oxygen atoms in total. The Labute approximate surface area is 85.9 Å². The Kier molecular flexibility index (Phi) is 3.76. The van der Waals surface area contributed by atoms with Gasteiger partial charge in [-0.05, 0) is 6.42 Å². The molecule has 0 aromatic carbocycles.